The smallest absolute Gasteiger partial charge is 0.257 e. The summed E-state index contributed by atoms with van der Waals surface area (Å²) in [4.78, 5) is 19.6. The molecule has 146 valence electrons. The molecule has 1 aromatic heterocycles. The van der Waals surface area contributed by atoms with Gasteiger partial charge < -0.3 is 23.7 Å². The second-order valence-electron chi connectivity index (χ2n) is 6.54. The van der Waals surface area contributed by atoms with Gasteiger partial charge in [-0.05, 0) is 31.9 Å². The third-order valence-electron chi connectivity index (χ3n) is 5.10. The second kappa shape index (κ2) is 8.33. The molecular weight excluding hydrogens is 346 g/mol. The first kappa shape index (κ1) is 19.1. The van der Waals surface area contributed by atoms with E-state index in [1.54, 1.807) is 19.2 Å². The number of hydrogen-bond donors (Lipinski definition) is 0. The van der Waals surface area contributed by atoms with Gasteiger partial charge in [-0.1, -0.05) is 0 Å². The van der Waals surface area contributed by atoms with E-state index in [1.165, 1.54) is 14.2 Å². The van der Waals surface area contributed by atoms with Crippen LogP contribution in [0.3, 0.4) is 0 Å². The van der Waals surface area contributed by atoms with E-state index in [0.29, 0.717) is 29.4 Å². The number of benzene rings is 1. The number of amides is 1. The van der Waals surface area contributed by atoms with Gasteiger partial charge in [0.05, 0.1) is 26.9 Å². The molecule has 1 aromatic carbocycles. The molecule has 1 unspecified atom stereocenters. The van der Waals surface area contributed by atoms with Gasteiger partial charge in [0.2, 0.25) is 5.75 Å². The minimum absolute atomic E-state index is 0.0629. The van der Waals surface area contributed by atoms with Gasteiger partial charge in [-0.2, -0.15) is 0 Å². The monoisotopic (exact) mass is 373 g/mol. The number of imidazole rings is 1. The van der Waals surface area contributed by atoms with Gasteiger partial charge in [-0.15, -0.1) is 0 Å². The van der Waals surface area contributed by atoms with Gasteiger partial charge in [0.1, 0.15) is 5.82 Å². The van der Waals surface area contributed by atoms with Crippen molar-refractivity contribution in [3.63, 3.8) is 0 Å². The Bertz CT molecular complexity index is 803. The lowest BCUT2D eigenvalue weighted by Crippen LogP contribution is -2.40. The van der Waals surface area contributed by atoms with Crippen LogP contribution in [0.2, 0.25) is 0 Å². The average Bonchev–Trinajstić information content (AvgIpc) is 3.20. The number of nitrogens with zero attached hydrogens (tertiary/aromatic N) is 3. The molecule has 7 heteroatoms. The number of carbonyl (C=O) groups excluding carboxylic acids is 1. The Kier molecular flexibility index (Phi) is 5.88. The maximum Gasteiger partial charge on any atom is 0.257 e. The highest BCUT2D eigenvalue weighted by atomic mass is 16.5. The number of methoxy groups -OCH3 is 3. The van der Waals surface area contributed by atoms with Crippen molar-refractivity contribution in [2.45, 2.75) is 32.2 Å². The predicted octanol–water partition coefficient (Wildman–Crippen LogP) is 2.95. The highest BCUT2D eigenvalue weighted by Gasteiger charge is 2.30. The lowest BCUT2D eigenvalue weighted by atomic mass is 9.96. The van der Waals surface area contributed by atoms with E-state index in [4.69, 9.17) is 14.2 Å². The summed E-state index contributed by atoms with van der Waals surface area (Å²) < 4.78 is 18.4. The average molecular weight is 373 g/mol. The molecule has 7 nitrogen and oxygen atoms in total. The van der Waals surface area contributed by atoms with Crippen LogP contribution in [0.5, 0.6) is 17.2 Å². The standard InChI is InChI=1S/C20H27N3O4/c1-5-22-12-10-21-19(22)14-7-6-11-23(13-14)20(24)15-8-9-16(25-2)18(27-4)17(15)26-3/h8-10,12,14H,5-7,11,13H2,1-4H3. The van der Waals surface area contributed by atoms with Gasteiger partial charge in [-0.25, -0.2) is 4.98 Å². The Morgan fingerprint density at radius 2 is 1.96 bits per heavy atom. The van der Waals surface area contributed by atoms with Crippen molar-refractivity contribution in [2.75, 3.05) is 34.4 Å². The molecule has 27 heavy (non-hydrogen) atoms. The fourth-order valence-corrected chi connectivity index (χ4v) is 3.76. The van der Waals surface area contributed by atoms with Crippen molar-refractivity contribution in [1.82, 2.24) is 14.5 Å². The molecule has 3 rings (SSSR count). The molecule has 0 aliphatic carbocycles. The summed E-state index contributed by atoms with van der Waals surface area (Å²) in [7, 11) is 4.63. The quantitative estimate of drug-likeness (QED) is 0.779. The SMILES string of the molecule is CCn1ccnc1C1CCCN(C(=O)c2ccc(OC)c(OC)c2OC)C1. The number of aromatic nitrogens is 2. The van der Waals surface area contributed by atoms with Crippen molar-refractivity contribution in [1.29, 1.82) is 0 Å². The van der Waals surface area contributed by atoms with Crippen LogP contribution in [0.4, 0.5) is 0 Å². The molecule has 1 amide bonds. The van der Waals surface area contributed by atoms with Crippen LogP contribution in [-0.2, 0) is 6.54 Å². The number of carbonyl (C=O) groups is 1. The molecule has 0 saturated carbocycles. The number of hydrogen-bond acceptors (Lipinski definition) is 5. The zero-order valence-corrected chi connectivity index (χ0v) is 16.4. The molecule has 0 spiro atoms. The van der Waals surface area contributed by atoms with Crippen molar-refractivity contribution in [3.05, 3.63) is 35.9 Å². The molecule has 1 atom stereocenters. The zero-order valence-electron chi connectivity index (χ0n) is 16.4. The van der Waals surface area contributed by atoms with Crippen LogP contribution in [0, 0.1) is 0 Å². The summed E-state index contributed by atoms with van der Waals surface area (Å²) in [5.41, 5.74) is 0.481. The van der Waals surface area contributed by atoms with Gasteiger partial charge in [0.25, 0.3) is 5.91 Å². The topological polar surface area (TPSA) is 65.8 Å². The molecule has 1 aliphatic rings. The maximum absolute atomic E-state index is 13.2. The summed E-state index contributed by atoms with van der Waals surface area (Å²) in [5, 5.41) is 0. The van der Waals surface area contributed by atoms with Gasteiger partial charge in [0.15, 0.2) is 11.5 Å². The van der Waals surface area contributed by atoms with Crippen LogP contribution in [0.1, 0.15) is 41.9 Å². The van der Waals surface area contributed by atoms with E-state index in [2.05, 4.69) is 16.5 Å². The maximum atomic E-state index is 13.2. The van der Waals surface area contributed by atoms with E-state index < -0.39 is 0 Å². The van der Waals surface area contributed by atoms with E-state index in [-0.39, 0.29) is 11.8 Å². The number of aryl methyl sites for hydroxylation is 1. The summed E-state index contributed by atoms with van der Waals surface area (Å²) in [6.07, 6.45) is 5.80. The number of rotatable bonds is 6. The van der Waals surface area contributed by atoms with E-state index in [9.17, 15) is 4.79 Å². The molecule has 2 aromatic rings. The van der Waals surface area contributed by atoms with Crippen molar-refractivity contribution in [2.24, 2.45) is 0 Å². The van der Waals surface area contributed by atoms with Crippen LogP contribution < -0.4 is 14.2 Å². The number of ether oxygens (including phenoxy) is 3. The molecule has 0 radical (unpaired) electrons. The zero-order chi connectivity index (χ0) is 19.4. The normalized spacial score (nSPS) is 16.9. The largest absolute Gasteiger partial charge is 0.493 e. The number of piperidine rings is 1. The summed E-state index contributed by atoms with van der Waals surface area (Å²) in [5.74, 6) is 2.59. The summed E-state index contributed by atoms with van der Waals surface area (Å²) in [6, 6.07) is 3.47. The third-order valence-corrected chi connectivity index (χ3v) is 5.10. The Labute approximate surface area is 159 Å². The van der Waals surface area contributed by atoms with Gasteiger partial charge in [-0.3, -0.25) is 4.79 Å². The fraction of sp³-hybridized carbons (Fsp3) is 0.500. The second-order valence-corrected chi connectivity index (χ2v) is 6.54. The van der Waals surface area contributed by atoms with Crippen molar-refractivity contribution < 1.29 is 19.0 Å². The molecule has 0 N–H and O–H groups in total. The lowest BCUT2D eigenvalue weighted by molar-refractivity contribution is 0.0699. The Morgan fingerprint density at radius 3 is 2.63 bits per heavy atom. The number of likely N-dealkylation sites (tertiary alicyclic amines) is 1. The molecule has 2 heterocycles. The highest BCUT2D eigenvalue weighted by molar-refractivity contribution is 5.98. The summed E-state index contributed by atoms with van der Waals surface area (Å²) in [6.45, 7) is 4.35. The first-order chi connectivity index (χ1) is 13.1. The van der Waals surface area contributed by atoms with Crippen LogP contribution >= 0.6 is 0 Å². The Balaban J connectivity index is 1.87. The molecule has 0 bridgehead atoms. The Hall–Kier alpha value is -2.70. The first-order valence-corrected chi connectivity index (χ1v) is 9.23. The molecule has 1 fully saturated rings. The van der Waals surface area contributed by atoms with Gasteiger partial charge in [0, 0.05) is 37.9 Å². The molecule has 1 saturated heterocycles. The van der Waals surface area contributed by atoms with Crippen molar-refractivity contribution >= 4 is 5.91 Å². The third kappa shape index (κ3) is 3.59. The minimum atomic E-state index is -0.0629. The Morgan fingerprint density at radius 1 is 1.19 bits per heavy atom. The van der Waals surface area contributed by atoms with Crippen LogP contribution in [-0.4, -0.2) is 54.8 Å². The first-order valence-electron chi connectivity index (χ1n) is 9.23. The minimum Gasteiger partial charge on any atom is -0.493 e. The van der Waals surface area contributed by atoms with Gasteiger partial charge >= 0.3 is 0 Å². The van der Waals surface area contributed by atoms with Crippen molar-refractivity contribution in [3.8, 4) is 17.2 Å². The van der Waals surface area contributed by atoms with Crippen LogP contribution in [0.15, 0.2) is 24.5 Å². The fourth-order valence-electron chi connectivity index (χ4n) is 3.76. The highest BCUT2D eigenvalue weighted by Crippen LogP contribution is 2.40. The molecule has 1 aliphatic heterocycles. The van der Waals surface area contributed by atoms with Crippen LogP contribution in [0.25, 0.3) is 0 Å². The summed E-state index contributed by atoms with van der Waals surface area (Å²) >= 11 is 0. The van der Waals surface area contributed by atoms with E-state index >= 15 is 0 Å². The lowest BCUT2D eigenvalue weighted by Gasteiger charge is -2.33. The predicted molar refractivity (Wildman–Crippen MR) is 102 cm³/mol. The van der Waals surface area contributed by atoms with E-state index in [1.807, 2.05) is 17.3 Å². The molecular formula is C20H27N3O4. The van der Waals surface area contributed by atoms with E-state index in [0.717, 1.165) is 31.8 Å².